The Hall–Kier alpha value is -1.21. The van der Waals surface area contributed by atoms with Gasteiger partial charge in [0.05, 0.1) is 0 Å². The third-order valence-corrected chi connectivity index (χ3v) is 4.38. The summed E-state index contributed by atoms with van der Waals surface area (Å²) in [5.41, 5.74) is 6.63. The molecule has 0 aliphatic heterocycles. The minimum atomic E-state index is 0.805. The lowest BCUT2D eigenvalue weighted by Crippen LogP contribution is -2.14. The summed E-state index contributed by atoms with van der Waals surface area (Å²) < 4.78 is 0. The third kappa shape index (κ3) is 5.42. The molecule has 0 atom stereocenters. The van der Waals surface area contributed by atoms with Crippen LogP contribution >= 0.6 is 11.6 Å². The van der Waals surface area contributed by atoms with E-state index < -0.39 is 0 Å². The summed E-state index contributed by atoms with van der Waals surface area (Å²) in [5.74, 6) is 0.884. The highest BCUT2D eigenvalue weighted by atomic mass is 35.5. The summed E-state index contributed by atoms with van der Waals surface area (Å²) in [4.78, 5) is 2.20. The van der Waals surface area contributed by atoms with Crippen molar-refractivity contribution in [3.63, 3.8) is 0 Å². The molecule has 1 aromatic rings. The summed E-state index contributed by atoms with van der Waals surface area (Å²) >= 11 is 6.08. The normalized spacial score (nSPS) is 13.5. The van der Waals surface area contributed by atoms with Gasteiger partial charge in [-0.2, -0.15) is 0 Å². The molecule has 0 bridgehead atoms. The molecule has 0 saturated heterocycles. The van der Waals surface area contributed by atoms with Gasteiger partial charge in [0.2, 0.25) is 0 Å². The molecule has 0 fully saturated rings. The molecule has 0 aromatic heterocycles. The first-order chi connectivity index (χ1) is 10.8. The zero-order valence-corrected chi connectivity index (χ0v) is 16.4. The number of nitrogens with zero attached hydrogens (tertiary/aromatic N) is 1. The zero-order chi connectivity index (χ0) is 17.6. The summed E-state index contributed by atoms with van der Waals surface area (Å²) in [6.45, 7) is 12.5. The van der Waals surface area contributed by atoms with E-state index in [-0.39, 0.29) is 0 Å². The first-order valence-electron chi connectivity index (χ1n) is 8.64. The number of rotatable bonds is 4. The van der Waals surface area contributed by atoms with E-state index in [0.717, 1.165) is 11.0 Å². The van der Waals surface area contributed by atoms with Crippen LogP contribution in [-0.4, -0.2) is 14.1 Å². The Balaban J connectivity index is 0.000000463. The summed E-state index contributed by atoms with van der Waals surface area (Å²) in [7, 11) is 4.20. The molecule has 0 amide bonds. The van der Waals surface area contributed by atoms with Crippen molar-refractivity contribution in [2.24, 2.45) is 5.92 Å². The number of fused-ring (bicyclic) bond motifs is 1. The second kappa shape index (κ2) is 9.17. The molecule has 1 nitrogen and oxygen atoms in total. The number of hydrogen-bond donors (Lipinski definition) is 0. The fraction of sp³-hybridized carbons (Fsp3) is 0.524. The van der Waals surface area contributed by atoms with E-state index in [1.165, 1.54) is 53.6 Å². The average Bonchev–Trinajstić information content (AvgIpc) is 2.93. The molecule has 0 unspecified atom stereocenters. The van der Waals surface area contributed by atoms with Gasteiger partial charge in [-0.3, -0.25) is 0 Å². The molecule has 0 N–H and O–H groups in total. The Morgan fingerprint density at radius 2 is 1.96 bits per heavy atom. The minimum Gasteiger partial charge on any atom is -0.377 e. The Morgan fingerprint density at radius 1 is 1.35 bits per heavy atom. The molecule has 2 heteroatoms. The van der Waals surface area contributed by atoms with E-state index in [2.05, 4.69) is 52.4 Å². The van der Waals surface area contributed by atoms with Gasteiger partial charge in [0.1, 0.15) is 0 Å². The summed E-state index contributed by atoms with van der Waals surface area (Å²) in [6.07, 6.45) is 8.88. The Bertz CT molecular complexity index is 564. The predicted octanol–water partition coefficient (Wildman–Crippen LogP) is 6.54. The van der Waals surface area contributed by atoms with Crippen LogP contribution in [0.3, 0.4) is 0 Å². The summed E-state index contributed by atoms with van der Waals surface area (Å²) in [6, 6.07) is 2.27. The Kier molecular flexibility index (Phi) is 7.91. The van der Waals surface area contributed by atoms with Gasteiger partial charge in [-0.25, -0.2) is 0 Å². The van der Waals surface area contributed by atoms with Gasteiger partial charge in [0.15, 0.2) is 0 Å². The fourth-order valence-corrected chi connectivity index (χ4v) is 2.90. The van der Waals surface area contributed by atoms with Crippen molar-refractivity contribution in [3.8, 4) is 0 Å². The second-order valence-electron chi connectivity index (χ2n) is 6.85. The van der Waals surface area contributed by atoms with Crippen LogP contribution < -0.4 is 4.90 Å². The van der Waals surface area contributed by atoms with E-state index >= 15 is 0 Å². The maximum absolute atomic E-state index is 6.08. The van der Waals surface area contributed by atoms with Crippen LogP contribution in [0.25, 0.3) is 12.2 Å². The van der Waals surface area contributed by atoms with Crippen molar-refractivity contribution in [1.82, 2.24) is 0 Å². The lowest BCUT2D eigenvalue weighted by atomic mass is 9.96. The van der Waals surface area contributed by atoms with Crippen molar-refractivity contribution >= 4 is 29.4 Å². The van der Waals surface area contributed by atoms with E-state index in [0.29, 0.717) is 0 Å². The molecule has 1 aromatic carbocycles. The number of aryl methyl sites for hydroxylation is 1. The Morgan fingerprint density at radius 3 is 2.39 bits per heavy atom. The largest absolute Gasteiger partial charge is 0.377 e. The van der Waals surface area contributed by atoms with E-state index in [1.807, 2.05) is 19.1 Å². The van der Waals surface area contributed by atoms with Crippen LogP contribution in [-0.2, 0) is 12.8 Å². The monoisotopic (exact) mass is 333 g/mol. The van der Waals surface area contributed by atoms with Gasteiger partial charge in [-0.05, 0) is 54.9 Å². The molecule has 128 valence electrons. The molecule has 1 aliphatic rings. The first-order valence-corrected chi connectivity index (χ1v) is 9.01. The van der Waals surface area contributed by atoms with Crippen molar-refractivity contribution in [3.05, 3.63) is 39.9 Å². The lowest BCUT2D eigenvalue weighted by Gasteiger charge is -2.22. The number of allylic oxidation sites excluding steroid dienone is 1. The molecule has 23 heavy (non-hydrogen) atoms. The van der Waals surface area contributed by atoms with Gasteiger partial charge in [0, 0.05) is 30.4 Å². The minimum absolute atomic E-state index is 0.805. The fourth-order valence-electron chi connectivity index (χ4n) is 2.79. The maximum atomic E-state index is 6.08. The van der Waals surface area contributed by atoms with Crippen LogP contribution in [0.2, 0.25) is 0 Å². The quantitative estimate of drug-likeness (QED) is 0.605. The van der Waals surface area contributed by atoms with Crippen LogP contribution in [0.15, 0.2) is 17.7 Å². The number of anilines is 1. The molecular weight excluding hydrogens is 302 g/mol. The van der Waals surface area contributed by atoms with Gasteiger partial charge < -0.3 is 4.90 Å². The SMILES string of the molecule is C=Cc1cc2c(c(N(C)C)c1/C=C(\C)Cl)CCC2.CCC(C)C. The number of hydrogen-bond acceptors (Lipinski definition) is 1. The first kappa shape index (κ1) is 19.8. The van der Waals surface area contributed by atoms with Crippen molar-refractivity contribution in [1.29, 1.82) is 0 Å². The highest BCUT2D eigenvalue weighted by Gasteiger charge is 2.20. The van der Waals surface area contributed by atoms with Gasteiger partial charge in [-0.15, -0.1) is 0 Å². The predicted molar refractivity (Wildman–Crippen MR) is 108 cm³/mol. The summed E-state index contributed by atoms with van der Waals surface area (Å²) in [5, 5.41) is 0.805. The van der Waals surface area contributed by atoms with E-state index in [9.17, 15) is 0 Å². The smallest absolute Gasteiger partial charge is 0.0476 e. The van der Waals surface area contributed by atoms with Crippen LogP contribution in [0.5, 0.6) is 0 Å². The lowest BCUT2D eigenvalue weighted by molar-refractivity contribution is 0.626. The average molecular weight is 334 g/mol. The highest BCUT2D eigenvalue weighted by Crippen LogP contribution is 2.37. The standard InChI is InChI=1S/C16H20ClN.C5H12/c1-5-12-10-13-7-6-8-14(13)16(18(3)4)15(12)9-11(2)17;1-4-5(2)3/h5,9-10H,1,6-8H2,2-4H3;5H,4H2,1-3H3/b11-9+;. The Labute approximate surface area is 148 Å². The van der Waals surface area contributed by atoms with E-state index in [4.69, 9.17) is 11.6 Å². The maximum Gasteiger partial charge on any atom is 0.0476 e. The van der Waals surface area contributed by atoms with Crippen LogP contribution in [0.4, 0.5) is 5.69 Å². The van der Waals surface area contributed by atoms with E-state index in [1.54, 1.807) is 0 Å². The molecular formula is C21H32ClN. The van der Waals surface area contributed by atoms with Gasteiger partial charge in [-0.1, -0.05) is 57.5 Å². The third-order valence-electron chi connectivity index (χ3n) is 4.27. The highest BCUT2D eigenvalue weighted by molar-refractivity contribution is 6.31. The number of benzene rings is 1. The van der Waals surface area contributed by atoms with Crippen LogP contribution in [0.1, 0.15) is 62.8 Å². The van der Waals surface area contributed by atoms with Gasteiger partial charge >= 0.3 is 0 Å². The molecule has 2 rings (SSSR count). The second-order valence-corrected chi connectivity index (χ2v) is 7.45. The van der Waals surface area contributed by atoms with Crippen molar-refractivity contribution in [2.75, 3.05) is 19.0 Å². The molecule has 0 saturated carbocycles. The topological polar surface area (TPSA) is 3.24 Å². The molecule has 1 aliphatic carbocycles. The van der Waals surface area contributed by atoms with Crippen molar-refractivity contribution < 1.29 is 0 Å². The van der Waals surface area contributed by atoms with Gasteiger partial charge in [0.25, 0.3) is 0 Å². The molecule has 0 radical (unpaired) electrons. The molecule has 0 heterocycles. The molecule has 0 spiro atoms. The van der Waals surface area contributed by atoms with Crippen molar-refractivity contribution in [2.45, 2.75) is 53.4 Å². The number of halogens is 1. The van der Waals surface area contributed by atoms with Crippen LogP contribution in [0, 0.1) is 5.92 Å². The zero-order valence-electron chi connectivity index (χ0n) is 15.7.